The van der Waals surface area contributed by atoms with Crippen LogP contribution in [0, 0.1) is 5.82 Å². The minimum Gasteiger partial charge on any atom is -0.544 e. The monoisotopic (exact) mass is 726 g/mol. The Labute approximate surface area is 307 Å². The Morgan fingerprint density at radius 3 is 1.92 bits per heavy atom. The highest BCUT2D eigenvalue weighted by atomic mass is 19.1. The Morgan fingerprint density at radius 2 is 1.28 bits per heavy atom. The number of rotatable bonds is 7. The number of carboxylic acids is 2. The van der Waals surface area contributed by atoms with Crippen molar-refractivity contribution in [2.24, 2.45) is 0 Å². The first-order valence-corrected chi connectivity index (χ1v) is 17.6. The molecule has 11 nitrogen and oxygen atoms in total. The normalized spacial score (nSPS) is 23.0. The number of carbonyl (C=O) groups excluding carboxylic acids is 2. The Bertz CT molecular complexity index is 2090. The maximum Gasteiger partial charge on any atom is 0.208 e. The third kappa shape index (κ3) is 6.73. The Morgan fingerprint density at radius 1 is 0.717 bits per heavy atom. The molecule has 0 N–H and O–H groups in total. The summed E-state index contributed by atoms with van der Waals surface area (Å²) in [4.78, 5) is 24.5. The van der Waals surface area contributed by atoms with Crippen LogP contribution in [0.2, 0.25) is 0 Å². The van der Waals surface area contributed by atoms with Crippen molar-refractivity contribution in [3.05, 3.63) is 99.9 Å². The molecule has 0 amide bonds. The fraction of sp³-hybridized carbons (Fsp3) is 0.366. The van der Waals surface area contributed by atoms with Crippen LogP contribution in [0.5, 0.6) is 40.2 Å². The number of methoxy groups -OCH3 is 3. The summed E-state index contributed by atoms with van der Waals surface area (Å²) in [5.41, 5.74) is 4.87. The minimum atomic E-state index is -1.23. The van der Waals surface area contributed by atoms with Crippen LogP contribution >= 0.6 is 0 Å². The van der Waals surface area contributed by atoms with Gasteiger partial charge in [-0.3, -0.25) is 0 Å². The fourth-order valence-electron chi connectivity index (χ4n) is 8.52. The zero-order valence-electron chi connectivity index (χ0n) is 30.5. The van der Waals surface area contributed by atoms with Gasteiger partial charge < -0.3 is 52.5 Å². The zero-order valence-corrected chi connectivity index (χ0v) is 30.5. The lowest BCUT2D eigenvalue weighted by Gasteiger charge is -2.46. The summed E-state index contributed by atoms with van der Waals surface area (Å²) < 4.78 is 47.1. The predicted octanol–water partition coefficient (Wildman–Crippen LogP) is 3.82. The van der Waals surface area contributed by atoms with E-state index in [4.69, 9.17) is 23.7 Å². The van der Waals surface area contributed by atoms with E-state index in [0.717, 1.165) is 27.8 Å². The van der Waals surface area contributed by atoms with Gasteiger partial charge in [-0.15, -0.1) is 0 Å². The average Bonchev–Trinajstić information content (AvgIpc) is 3.11. The van der Waals surface area contributed by atoms with Crippen molar-refractivity contribution in [3.8, 4) is 40.2 Å². The highest BCUT2D eigenvalue weighted by Gasteiger charge is 2.44. The molecule has 278 valence electrons. The van der Waals surface area contributed by atoms with Gasteiger partial charge in [0.2, 0.25) is 5.82 Å². The molecule has 12 heteroatoms. The Hall–Kier alpha value is -5.33. The molecule has 4 heterocycles. The van der Waals surface area contributed by atoms with E-state index in [1.165, 1.54) is 14.2 Å². The lowest BCUT2D eigenvalue weighted by atomic mass is 9.85. The van der Waals surface area contributed by atoms with Gasteiger partial charge in [0.25, 0.3) is 0 Å². The molecule has 0 saturated carbocycles. The molecule has 4 aliphatic heterocycles. The van der Waals surface area contributed by atoms with Gasteiger partial charge in [-0.2, -0.15) is 4.39 Å². The SMILES string of the molecule is COc1ccc2cc1Oc1ccc(cc1)CC1c3cc(c(OC)cc3CC[N+]1(C)CC(=O)[O-])Oc1c(F)c(OC)cc3c1C(C2)[N+](C)(CC(=O)[O-])CC3. The second-order valence-corrected chi connectivity index (χ2v) is 14.7. The largest absolute Gasteiger partial charge is 0.544 e. The van der Waals surface area contributed by atoms with E-state index in [9.17, 15) is 19.8 Å². The first-order chi connectivity index (χ1) is 25.3. The van der Waals surface area contributed by atoms with Crippen molar-refractivity contribution in [1.29, 1.82) is 0 Å². The number of carboxylic acid groups (broad SMARTS) is 2. The summed E-state index contributed by atoms with van der Waals surface area (Å²) in [7, 11) is 8.21. The molecule has 0 aliphatic carbocycles. The van der Waals surface area contributed by atoms with E-state index in [1.54, 1.807) is 19.2 Å². The Balaban J connectivity index is 1.50. The van der Waals surface area contributed by atoms with E-state index in [1.807, 2.05) is 62.6 Å². The van der Waals surface area contributed by atoms with E-state index in [-0.39, 0.29) is 45.3 Å². The van der Waals surface area contributed by atoms with Crippen LogP contribution in [0.1, 0.15) is 45.5 Å². The molecular weight excluding hydrogens is 683 g/mol. The van der Waals surface area contributed by atoms with Gasteiger partial charge in [-0.1, -0.05) is 18.2 Å². The Kier molecular flexibility index (Phi) is 9.46. The number of aliphatic carboxylic acids is 2. The average molecular weight is 727 g/mol. The van der Waals surface area contributed by atoms with Gasteiger partial charge in [0, 0.05) is 31.2 Å². The number of hydrogen-bond donors (Lipinski definition) is 0. The van der Waals surface area contributed by atoms with Crippen molar-refractivity contribution in [1.82, 2.24) is 0 Å². The topological polar surface area (TPSA) is 126 Å². The number of quaternary nitrogens is 2. The second kappa shape index (κ2) is 13.9. The molecule has 0 fully saturated rings. The molecule has 8 rings (SSSR count). The number of fused-ring (bicyclic) bond motifs is 2. The molecule has 0 spiro atoms. The number of benzene rings is 4. The lowest BCUT2D eigenvalue weighted by molar-refractivity contribution is -0.936. The zero-order chi connectivity index (χ0) is 37.7. The molecule has 0 saturated heterocycles. The summed E-state index contributed by atoms with van der Waals surface area (Å²) in [5.74, 6) is -1.08. The van der Waals surface area contributed by atoms with Crippen molar-refractivity contribution in [3.63, 3.8) is 0 Å². The van der Waals surface area contributed by atoms with E-state index < -0.39 is 23.8 Å². The van der Waals surface area contributed by atoms with Gasteiger partial charge >= 0.3 is 0 Å². The lowest BCUT2D eigenvalue weighted by Crippen LogP contribution is -2.57. The second-order valence-electron chi connectivity index (χ2n) is 14.7. The highest BCUT2D eigenvalue weighted by Crippen LogP contribution is 2.50. The summed E-state index contributed by atoms with van der Waals surface area (Å²) in [5, 5.41) is 24.5. The van der Waals surface area contributed by atoms with E-state index >= 15 is 4.39 Å². The number of ether oxygens (including phenoxy) is 5. The first kappa shape index (κ1) is 36.0. The van der Waals surface area contributed by atoms with Gasteiger partial charge in [0.1, 0.15) is 30.9 Å². The van der Waals surface area contributed by atoms with Crippen molar-refractivity contribution in [2.45, 2.75) is 37.8 Å². The fourth-order valence-corrected chi connectivity index (χ4v) is 8.52. The molecule has 4 atom stereocenters. The van der Waals surface area contributed by atoms with Crippen molar-refractivity contribution < 1.29 is 56.8 Å². The molecule has 53 heavy (non-hydrogen) atoms. The molecule has 4 aromatic rings. The molecular formula is C41H43FN2O9. The van der Waals surface area contributed by atoms with Crippen LogP contribution < -0.4 is 33.9 Å². The molecule has 4 aliphatic rings. The standard InChI is InChI=1S/C41H43FN2O9/c1-43(22-37(45)46)14-12-26-19-33(50-4)35-21-29(26)30(43)16-24-6-9-28(10-7-24)52-34-18-25(8-11-32(34)49-3)17-31-39-27(13-15-44(31,2)23-38(47)48)20-36(51-5)40(42)41(39)53-35/h6-11,18-21,30-31H,12-17,22-23H2,1-5H3. The van der Waals surface area contributed by atoms with Gasteiger partial charge in [0.15, 0.2) is 34.5 Å². The van der Waals surface area contributed by atoms with Gasteiger partial charge in [-0.25, -0.2) is 0 Å². The third-order valence-corrected chi connectivity index (χ3v) is 11.4. The van der Waals surface area contributed by atoms with E-state index in [0.29, 0.717) is 67.3 Å². The third-order valence-electron chi connectivity index (χ3n) is 11.4. The number of nitrogens with zero attached hydrogens (tertiary/aromatic N) is 2. The summed E-state index contributed by atoms with van der Waals surface area (Å²) in [6.45, 7) is 0.450. The van der Waals surface area contributed by atoms with Crippen LogP contribution in [0.25, 0.3) is 0 Å². The van der Waals surface area contributed by atoms with Crippen LogP contribution in [0.4, 0.5) is 4.39 Å². The first-order valence-electron chi connectivity index (χ1n) is 17.6. The molecule has 4 unspecified atom stereocenters. The minimum absolute atomic E-state index is 0.00759. The summed E-state index contributed by atoms with van der Waals surface area (Å²) in [6.07, 6.45) is 1.77. The van der Waals surface area contributed by atoms with Crippen LogP contribution in [-0.2, 0) is 35.3 Å². The number of likely N-dealkylation sites (N-methyl/N-ethyl adjacent to an activating group) is 2. The number of halogens is 1. The van der Waals surface area contributed by atoms with Crippen molar-refractivity contribution >= 4 is 11.9 Å². The maximum absolute atomic E-state index is 16.8. The smallest absolute Gasteiger partial charge is 0.208 e. The van der Waals surface area contributed by atoms with Crippen molar-refractivity contribution in [2.75, 3.05) is 61.6 Å². The molecule has 6 bridgehead atoms. The molecule has 4 aromatic carbocycles. The number of carbonyl (C=O) groups is 2. The quantitative estimate of drug-likeness (QED) is 0.262. The van der Waals surface area contributed by atoms with Crippen LogP contribution in [0.15, 0.2) is 60.7 Å². The summed E-state index contributed by atoms with van der Waals surface area (Å²) in [6, 6.07) is 17.6. The maximum atomic E-state index is 16.8. The predicted molar refractivity (Wildman–Crippen MR) is 188 cm³/mol. The molecule has 0 aromatic heterocycles. The highest BCUT2D eigenvalue weighted by molar-refractivity contribution is 5.66. The number of hydrogen-bond acceptors (Lipinski definition) is 9. The van der Waals surface area contributed by atoms with Crippen LogP contribution in [-0.4, -0.2) is 82.5 Å². The molecule has 0 radical (unpaired) electrons. The van der Waals surface area contributed by atoms with E-state index in [2.05, 4.69) is 0 Å². The van der Waals surface area contributed by atoms with Gasteiger partial charge in [-0.05, 0) is 64.7 Å². The van der Waals surface area contributed by atoms with Gasteiger partial charge in [0.05, 0.1) is 66.0 Å². The summed E-state index contributed by atoms with van der Waals surface area (Å²) >= 11 is 0. The van der Waals surface area contributed by atoms with Crippen LogP contribution in [0.3, 0.4) is 0 Å².